The molecule has 2 N–H and O–H groups in total. The van der Waals surface area contributed by atoms with Crippen LogP contribution in [-0.4, -0.2) is 54.2 Å². The van der Waals surface area contributed by atoms with Crippen molar-refractivity contribution in [1.82, 2.24) is 10.2 Å². The maximum atomic E-state index is 11.8. The Morgan fingerprint density at radius 3 is 2.50 bits per heavy atom. The van der Waals surface area contributed by atoms with Crippen molar-refractivity contribution >= 4 is 17.9 Å². The van der Waals surface area contributed by atoms with E-state index in [4.69, 9.17) is 9.84 Å². The van der Waals surface area contributed by atoms with Crippen LogP contribution in [0.3, 0.4) is 0 Å². The summed E-state index contributed by atoms with van der Waals surface area (Å²) in [4.78, 5) is 35.0. The van der Waals surface area contributed by atoms with Gasteiger partial charge < -0.3 is 14.7 Å². The average Bonchev–Trinajstić information content (AvgIpc) is 3.11. The second kappa shape index (κ2) is 6.95. The first kappa shape index (κ1) is 14.4. The second-order valence-corrected chi connectivity index (χ2v) is 4.16. The molecule has 18 heavy (non-hydrogen) atoms. The highest BCUT2D eigenvalue weighted by Gasteiger charge is 2.32. The number of nitrogens with zero attached hydrogens (tertiary/aromatic N) is 1. The van der Waals surface area contributed by atoms with Crippen molar-refractivity contribution in [3.05, 3.63) is 0 Å². The van der Waals surface area contributed by atoms with Gasteiger partial charge in [0.1, 0.15) is 0 Å². The van der Waals surface area contributed by atoms with E-state index in [9.17, 15) is 14.4 Å². The second-order valence-electron chi connectivity index (χ2n) is 4.16. The van der Waals surface area contributed by atoms with Crippen molar-refractivity contribution in [2.45, 2.75) is 31.7 Å². The molecule has 0 aliphatic heterocycles. The van der Waals surface area contributed by atoms with Crippen molar-refractivity contribution < 1.29 is 24.2 Å². The number of hydrogen-bond acceptors (Lipinski definition) is 4. The van der Waals surface area contributed by atoms with Crippen LogP contribution in [0.5, 0.6) is 0 Å². The number of amides is 3. The summed E-state index contributed by atoms with van der Waals surface area (Å²) in [7, 11) is 1.54. The van der Waals surface area contributed by atoms with Crippen molar-refractivity contribution in [1.29, 1.82) is 0 Å². The van der Waals surface area contributed by atoms with Crippen LogP contribution in [0.25, 0.3) is 0 Å². The van der Waals surface area contributed by atoms with E-state index in [-0.39, 0.29) is 18.9 Å². The van der Waals surface area contributed by atoms with Gasteiger partial charge in [0.25, 0.3) is 0 Å². The van der Waals surface area contributed by atoms with Crippen molar-refractivity contribution in [3.8, 4) is 0 Å². The van der Waals surface area contributed by atoms with E-state index >= 15 is 0 Å². The predicted octanol–water partition coefficient (Wildman–Crippen LogP) is 0.198. The van der Waals surface area contributed by atoms with E-state index in [0.717, 1.165) is 12.8 Å². The zero-order valence-corrected chi connectivity index (χ0v) is 10.3. The van der Waals surface area contributed by atoms with Crippen LogP contribution in [0.2, 0.25) is 0 Å². The van der Waals surface area contributed by atoms with E-state index in [1.165, 1.54) is 0 Å². The third kappa shape index (κ3) is 5.13. The van der Waals surface area contributed by atoms with Crippen molar-refractivity contribution in [2.75, 3.05) is 20.3 Å². The van der Waals surface area contributed by atoms with Crippen LogP contribution in [0.15, 0.2) is 0 Å². The summed E-state index contributed by atoms with van der Waals surface area (Å²) in [6, 6.07) is -0.294. The lowest BCUT2D eigenvalue weighted by atomic mass is 10.3. The van der Waals surface area contributed by atoms with Gasteiger partial charge >= 0.3 is 12.0 Å². The van der Waals surface area contributed by atoms with Crippen LogP contribution in [-0.2, 0) is 14.3 Å². The molecular formula is C11H18N2O5. The fourth-order valence-electron chi connectivity index (χ4n) is 1.50. The molecular weight excluding hydrogens is 240 g/mol. The van der Waals surface area contributed by atoms with Gasteiger partial charge in [0.05, 0.1) is 13.0 Å². The van der Waals surface area contributed by atoms with Gasteiger partial charge in [-0.3, -0.25) is 14.9 Å². The highest BCUT2D eigenvalue weighted by Crippen LogP contribution is 2.26. The number of carboxylic acid groups (broad SMARTS) is 1. The molecule has 0 unspecified atom stereocenters. The Kier molecular flexibility index (Phi) is 5.57. The molecule has 7 nitrogen and oxygen atoms in total. The number of aliphatic carboxylic acids is 1. The Balaban J connectivity index is 2.35. The van der Waals surface area contributed by atoms with E-state index in [1.807, 2.05) is 0 Å². The quantitative estimate of drug-likeness (QED) is 0.680. The molecule has 0 bridgehead atoms. The lowest BCUT2D eigenvalue weighted by Crippen LogP contribution is -2.45. The summed E-state index contributed by atoms with van der Waals surface area (Å²) in [5, 5.41) is 10.6. The van der Waals surface area contributed by atoms with Crippen LogP contribution in [0, 0.1) is 0 Å². The Bertz CT molecular complexity index is 327. The lowest BCUT2D eigenvalue weighted by Gasteiger charge is -2.21. The highest BCUT2D eigenvalue weighted by molar-refractivity contribution is 5.95. The molecule has 0 aromatic heterocycles. The number of ether oxygens (including phenoxy) is 1. The molecule has 1 rings (SSSR count). The summed E-state index contributed by atoms with van der Waals surface area (Å²) in [5.74, 6) is -1.62. The number of methoxy groups -OCH3 is 1. The maximum absolute atomic E-state index is 11.8. The summed E-state index contributed by atoms with van der Waals surface area (Å²) < 4.78 is 4.90. The van der Waals surface area contributed by atoms with E-state index in [1.54, 1.807) is 12.0 Å². The number of carbonyl (C=O) groups is 3. The van der Waals surface area contributed by atoms with E-state index < -0.39 is 17.9 Å². The molecule has 0 aromatic carbocycles. The number of imide groups is 1. The Labute approximate surface area is 105 Å². The minimum Gasteiger partial charge on any atom is -0.481 e. The largest absolute Gasteiger partial charge is 0.481 e. The Morgan fingerprint density at radius 1 is 1.33 bits per heavy atom. The molecule has 1 aliphatic rings. The van der Waals surface area contributed by atoms with Gasteiger partial charge in [-0.2, -0.15) is 0 Å². The van der Waals surface area contributed by atoms with Gasteiger partial charge in [-0.15, -0.1) is 0 Å². The lowest BCUT2D eigenvalue weighted by molar-refractivity contribution is -0.138. The first-order valence-corrected chi connectivity index (χ1v) is 5.85. The first-order valence-electron chi connectivity index (χ1n) is 5.85. The van der Waals surface area contributed by atoms with E-state index in [0.29, 0.717) is 13.2 Å². The van der Waals surface area contributed by atoms with Crippen LogP contribution in [0.1, 0.15) is 25.7 Å². The topological polar surface area (TPSA) is 95.9 Å². The van der Waals surface area contributed by atoms with Gasteiger partial charge in [-0.1, -0.05) is 0 Å². The van der Waals surface area contributed by atoms with Gasteiger partial charge in [0.2, 0.25) is 5.91 Å². The third-order valence-corrected chi connectivity index (χ3v) is 2.60. The van der Waals surface area contributed by atoms with Gasteiger partial charge in [-0.25, -0.2) is 4.79 Å². The zero-order valence-electron chi connectivity index (χ0n) is 10.3. The highest BCUT2D eigenvalue weighted by atomic mass is 16.5. The summed E-state index contributed by atoms with van der Waals surface area (Å²) in [5.41, 5.74) is 0. The molecule has 3 amide bonds. The number of rotatable bonds is 7. The van der Waals surface area contributed by atoms with Gasteiger partial charge in [0, 0.05) is 26.1 Å². The number of carbonyl (C=O) groups excluding carboxylic acids is 2. The van der Waals surface area contributed by atoms with E-state index in [2.05, 4.69) is 5.32 Å². The average molecular weight is 258 g/mol. The maximum Gasteiger partial charge on any atom is 0.324 e. The smallest absolute Gasteiger partial charge is 0.324 e. The monoisotopic (exact) mass is 258 g/mol. The molecule has 0 radical (unpaired) electrons. The first-order chi connectivity index (χ1) is 8.54. The molecule has 1 saturated carbocycles. The summed E-state index contributed by atoms with van der Waals surface area (Å²) in [6.07, 6.45) is 1.39. The van der Waals surface area contributed by atoms with Gasteiger partial charge in [0.15, 0.2) is 0 Å². The molecule has 102 valence electrons. The molecule has 0 atom stereocenters. The van der Waals surface area contributed by atoms with Crippen molar-refractivity contribution in [2.24, 2.45) is 0 Å². The summed E-state index contributed by atoms with van der Waals surface area (Å²) in [6.45, 7) is 0.840. The number of nitrogens with one attached hydrogen (secondary N) is 1. The Hall–Kier alpha value is -1.63. The third-order valence-electron chi connectivity index (χ3n) is 2.60. The molecule has 1 aliphatic carbocycles. The van der Waals surface area contributed by atoms with Crippen LogP contribution < -0.4 is 5.32 Å². The van der Waals surface area contributed by atoms with Gasteiger partial charge in [-0.05, 0) is 12.8 Å². The Morgan fingerprint density at radius 2 is 2.00 bits per heavy atom. The number of carboxylic acids is 1. The molecule has 0 saturated heterocycles. The minimum atomic E-state index is -1.06. The molecule has 0 heterocycles. The normalized spacial score (nSPS) is 14.1. The molecule has 0 aromatic rings. The summed E-state index contributed by atoms with van der Waals surface area (Å²) >= 11 is 0. The fourth-order valence-corrected chi connectivity index (χ4v) is 1.50. The molecule has 1 fully saturated rings. The zero-order chi connectivity index (χ0) is 13.5. The molecule has 0 spiro atoms. The standard InChI is InChI=1S/C11H18N2O5/c1-18-7-6-13(8-2-3-8)11(17)12-9(14)4-5-10(15)16/h8H,2-7H2,1H3,(H,15,16)(H,12,14,17). The molecule has 7 heteroatoms. The van der Waals surface area contributed by atoms with Crippen molar-refractivity contribution in [3.63, 3.8) is 0 Å². The SMILES string of the molecule is COCCN(C(=O)NC(=O)CCC(=O)O)C1CC1. The number of hydrogen-bond donors (Lipinski definition) is 2. The van der Waals surface area contributed by atoms with Crippen LogP contribution in [0.4, 0.5) is 4.79 Å². The number of urea groups is 1. The predicted molar refractivity (Wildman–Crippen MR) is 62.0 cm³/mol. The minimum absolute atomic E-state index is 0.174. The van der Waals surface area contributed by atoms with Crippen LogP contribution >= 0.6 is 0 Å². The fraction of sp³-hybridized carbons (Fsp3) is 0.727.